The number of aromatic nitrogens is 1. The highest BCUT2D eigenvalue weighted by atomic mass is 35.5. The number of ether oxygens (including phenoxy) is 3. The molecule has 6 nitrogen and oxygen atoms in total. The molecule has 1 N–H and O–H groups in total. The number of nitrogens with one attached hydrogen (secondary N) is 1. The van der Waals surface area contributed by atoms with Crippen LogP contribution in [0.1, 0.15) is 18.6 Å². The first-order valence-corrected chi connectivity index (χ1v) is 7.42. The molecule has 23 heavy (non-hydrogen) atoms. The Balaban J connectivity index is 0.00000192. The monoisotopic (exact) mass is 340 g/mol. The maximum Gasteiger partial charge on any atom is 0.254 e. The van der Waals surface area contributed by atoms with E-state index in [0.29, 0.717) is 36.6 Å². The van der Waals surface area contributed by atoms with Crippen molar-refractivity contribution in [3.05, 3.63) is 36.1 Å². The van der Waals surface area contributed by atoms with Gasteiger partial charge in [0.2, 0.25) is 0 Å². The highest BCUT2D eigenvalue weighted by Gasteiger charge is 2.15. The number of benzene rings is 1. The second kappa shape index (κ2) is 8.64. The highest BCUT2D eigenvalue weighted by Crippen LogP contribution is 2.21. The number of hydrogen-bond acceptors (Lipinski definition) is 6. The van der Waals surface area contributed by atoms with E-state index in [1.54, 1.807) is 13.2 Å². The molecule has 7 heteroatoms. The number of hydrogen-bond donors (Lipinski definition) is 1. The minimum atomic E-state index is 0. The predicted octanol–water partition coefficient (Wildman–Crippen LogP) is 2.81. The van der Waals surface area contributed by atoms with Crippen molar-refractivity contribution in [1.82, 2.24) is 10.5 Å². The van der Waals surface area contributed by atoms with Gasteiger partial charge in [0, 0.05) is 18.2 Å². The van der Waals surface area contributed by atoms with Crippen LogP contribution >= 0.6 is 12.4 Å². The van der Waals surface area contributed by atoms with Crippen molar-refractivity contribution in [3.8, 4) is 17.4 Å². The fourth-order valence-electron chi connectivity index (χ4n) is 2.36. The number of rotatable bonds is 7. The minimum Gasteiger partial charge on any atom is -0.497 e. The van der Waals surface area contributed by atoms with Crippen molar-refractivity contribution in [2.24, 2.45) is 0 Å². The average molecular weight is 341 g/mol. The average Bonchev–Trinajstić information content (AvgIpc) is 3.22. The van der Waals surface area contributed by atoms with Gasteiger partial charge in [0.25, 0.3) is 5.88 Å². The van der Waals surface area contributed by atoms with Gasteiger partial charge >= 0.3 is 0 Å². The molecule has 0 saturated carbocycles. The van der Waals surface area contributed by atoms with Gasteiger partial charge in [-0.2, -0.15) is 0 Å². The van der Waals surface area contributed by atoms with E-state index in [1.165, 1.54) is 6.42 Å². The van der Waals surface area contributed by atoms with Gasteiger partial charge in [-0.3, -0.25) is 0 Å². The Hall–Kier alpha value is -1.92. The fraction of sp³-hybridized carbons (Fsp3) is 0.438. The summed E-state index contributed by atoms with van der Waals surface area (Å²) in [4.78, 5) is 0. The Bertz CT molecular complexity index is 599. The van der Waals surface area contributed by atoms with Crippen molar-refractivity contribution in [2.75, 3.05) is 20.3 Å². The molecule has 1 atom stereocenters. The van der Waals surface area contributed by atoms with E-state index < -0.39 is 0 Å². The van der Waals surface area contributed by atoms with Gasteiger partial charge in [0.1, 0.15) is 24.7 Å². The van der Waals surface area contributed by atoms with Crippen molar-refractivity contribution in [1.29, 1.82) is 0 Å². The third-order valence-electron chi connectivity index (χ3n) is 3.55. The van der Waals surface area contributed by atoms with Crippen LogP contribution < -0.4 is 19.5 Å². The molecule has 0 unspecified atom stereocenters. The van der Waals surface area contributed by atoms with Crippen molar-refractivity contribution in [3.63, 3.8) is 0 Å². The molecular formula is C16H21ClN2O4. The van der Waals surface area contributed by atoms with E-state index in [1.807, 2.05) is 24.3 Å². The van der Waals surface area contributed by atoms with Gasteiger partial charge in [-0.15, -0.1) is 12.4 Å². The molecule has 0 spiro atoms. The molecule has 0 amide bonds. The largest absolute Gasteiger partial charge is 0.497 e. The summed E-state index contributed by atoms with van der Waals surface area (Å²) in [6, 6.07) is 9.59. The molecule has 0 aliphatic carbocycles. The summed E-state index contributed by atoms with van der Waals surface area (Å²) in [7, 11) is 1.62. The van der Waals surface area contributed by atoms with Gasteiger partial charge < -0.3 is 24.1 Å². The van der Waals surface area contributed by atoms with E-state index in [2.05, 4.69) is 10.5 Å². The lowest BCUT2D eigenvalue weighted by molar-refractivity contribution is 0.230. The molecule has 2 heterocycles. The van der Waals surface area contributed by atoms with Gasteiger partial charge in [-0.1, -0.05) is 6.07 Å². The Morgan fingerprint density at radius 3 is 2.91 bits per heavy atom. The summed E-state index contributed by atoms with van der Waals surface area (Å²) in [5.41, 5.74) is 0. The van der Waals surface area contributed by atoms with Crippen LogP contribution in [0, 0.1) is 0 Å². The summed E-state index contributed by atoms with van der Waals surface area (Å²) in [5, 5.41) is 7.26. The van der Waals surface area contributed by atoms with Crippen LogP contribution in [0.4, 0.5) is 0 Å². The lowest BCUT2D eigenvalue weighted by atomic mass is 10.2. The second-order valence-electron chi connectivity index (χ2n) is 5.20. The summed E-state index contributed by atoms with van der Waals surface area (Å²) < 4.78 is 21.6. The van der Waals surface area contributed by atoms with E-state index in [-0.39, 0.29) is 12.4 Å². The summed E-state index contributed by atoms with van der Waals surface area (Å²) >= 11 is 0. The van der Waals surface area contributed by atoms with Crippen LogP contribution in [0.2, 0.25) is 0 Å². The first kappa shape index (κ1) is 17.4. The predicted molar refractivity (Wildman–Crippen MR) is 87.6 cm³/mol. The molecule has 0 radical (unpaired) electrons. The van der Waals surface area contributed by atoms with Crippen molar-refractivity contribution < 1.29 is 18.7 Å². The maximum atomic E-state index is 5.64. The Labute approximate surface area is 141 Å². The molecule has 3 rings (SSSR count). The summed E-state index contributed by atoms with van der Waals surface area (Å²) in [5.74, 6) is 2.59. The van der Waals surface area contributed by atoms with Crippen LogP contribution in [0.3, 0.4) is 0 Å². The zero-order valence-corrected chi connectivity index (χ0v) is 13.8. The zero-order chi connectivity index (χ0) is 15.2. The molecule has 2 aromatic rings. The molecule has 1 aliphatic rings. The third kappa shape index (κ3) is 5.04. The molecule has 1 saturated heterocycles. The smallest absolute Gasteiger partial charge is 0.254 e. The van der Waals surface area contributed by atoms with Crippen LogP contribution in [-0.4, -0.2) is 31.5 Å². The molecule has 1 aromatic carbocycles. The Morgan fingerprint density at radius 1 is 1.26 bits per heavy atom. The van der Waals surface area contributed by atoms with Crippen LogP contribution in [0.25, 0.3) is 0 Å². The lowest BCUT2D eigenvalue weighted by Gasteiger charge is -2.08. The molecular weight excluding hydrogens is 320 g/mol. The Morgan fingerprint density at radius 2 is 2.13 bits per heavy atom. The number of nitrogens with zero attached hydrogens (tertiary/aromatic N) is 1. The van der Waals surface area contributed by atoms with Gasteiger partial charge in [-0.25, -0.2) is 0 Å². The first-order chi connectivity index (χ1) is 10.8. The highest BCUT2D eigenvalue weighted by molar-refractivity contribution is 5.85. The summed E-state index contributed by atoms with van der Waals surface area (Å²) in [6.45, 7) is 1.97. The van der Waals surface area contributed by atoms with Crippen molar-refractivity contribution in [2.45, 2.75) is 25.5 Å². The quantitative estimate of drug-likeness (QED) is 0.836. The van der Waals surface area contributed by atoms with Gasteiger partial charge in [-0.05, 0) is 36.7 Å². The number of methoxy groups -OCH3 is 1. The SMILES string of the molecule is COc1cccc(OCc2cc(OC[C@@H]3CCCN3)no2)c1.Cl. The Kier molecular flexibility index (Phi) is 6.55. The fourth-order valence-corrected chi connectivity index (χ4v) is 2.36. The lowest BCUT2D eigenvalue weighted by Crippen LogP contribution is -2.28. The maximum absolute atomic E-state index is 5.64. The zero-order valence-electron chi connectivity index (χ0n) is 13.0. The first-order valence-electron chi connectivity index (χ1n) is 7.42. The summed E-state index contributed by atoms with van der Waals surface area (Å²) in [6.07, 6.45) is 2.34. The van der Waals surface area contributed by atoms with Crippen LogP contribution in [0.5, 0.6) is 17.4 Å². The third-order valence-corrected chi connectivity index (χ3v) is 3.55. The molecule has 0 bridgehead atoms. The minimum absolute atomic E-state index is 0. The van der Waals surface area contributed by atoms with Crippen LogP contribution in [-0.2, 0) is 6.61 Å². The van der Waals surface area contributed by atoms with Crippen molar-refractivity contribution >= 4 is 12.4 Å². The molecule has 126 valence electrons. The molecule has 1 fully saturated rings. The normalized spacial score (nSPS) is 16.7. The van der Waals surface area contributed by atoms with E-state index >= 15 is 0 Å². The van der Waals surface area contributed by atoms with E-state index in [4.69, 9.17) is 18.7 Å². The second-order valence-corrected chi connectivity index (χ2v) is 5.20. The number of halogens is 1. The molecule has 1 aliphatic heterocycles. The topological polar surface area (TPSA) is 65.8 Å². The van der Waals surface area contributed by atoms with E-state index in [9.17, 15) is 0 Å². The van der Waals surface area contributed by atoms with Gasteiger partial charge in [0.05, 0.1) is 7.11 Å². The standard InChI is InChI=1S/C16H20N2O4.ClH/c1-19-13-5-2-6-14(8-13)20-11-15-9-16(18-22-15)21-10-12-4-3-7-17-12;/h2,5-6,8-9,12,17H,3-4,7,10-11H2,1H3;1H/t12-;/m0./s1. The van der Waals surface area contributed by atoms with E-state index in [0.717, 1.165) is 18.7 Å². The molecule has 1 aromatic heterocycles. The van der Waals surface area contributed by atoms with Gasteiger partial charge in [0.15, 0.2) is 5.76 Å². The van der Waals surface area contributed by atoms with Crippen LogP contribution in [0.15, 0.2) is 34.9 Å².